The zero-order chi connectivity index (χ0) is 8.39. The van der Waals surface area contributed by atoms with E-state index in [1.54, 1.807) is 23.9 Å². The van der Waals surface area contributed by atoms with Gasteiger partial charge in [0.05, 0.1) is 17.8 Å². The van der Waals surface area contributed by atoms with Crippen LogP contribution >= 0.6 is 22.9 Å². The average molecular weight is 200 g/mol. The Morgan fingerprint density at radius 2 is 2.50 bits per heavy atom. The number of thiazole rings is 1. The molecule has 0 aliphatic heterocycles. The molecule has 0 aliphatic rings. The molecule has 0 atom stereocenters. The first-order valence-corrected chi connectivity index (χ1v) is 4.84. The van der Waals surface area contributed by atoms with Crippen molar-refractivity contribution in [2.24, 2.45) is 0 Å². The number of nitrogens with zero attached hydrogens (tertiary/aromatic N) is 1. The van der Waals surface area contributed by atoms with Gasteiger partial charge in [-0.15, -0.1) is 22.9 Å². The molecule has 2 rings (SSSR count). The van der Waals surface area contributed by atoms with Gasteiger partial charge >= 0.3 is 0 Å². The predicted molar refractivity (Wildman–Crippen MR) is 49.4 cm³/mol. The Kier molecular flexibility index (Phi) is 2.15. The van der Waals surface area contributed by atoms with E-state index in [9.17, 15) is 0 Å². The minimum absolute atomic E-state index is 0.467. The number of hydrogen-bond donors (Lipinski definition) is 0. The van der Waals surface area contributed by atoms with Crippen LogP contribution in [0, 0.1) is 0 Å². The van der Waals surface area contributed by atoms with Gasteiger partial charge in [0.15, 0.2) is 0 Å². The lowest BCUT2D eigenvalue weighted by Crippen LogP contribution is -1.76. The van der Waals surface area contributed by atoms with Crippen molar-refractivity contribution in [3.63, 3.8) is 0 Å². The molecule has 2 aromatic rings. The second kappa shape index (κ2) is 3.29. The Morgan fingerprint density at radius 1 is 1.58 bits per heavy atom. The summed E-state index contributed by atoms with van der Waals surface area (Å²) in [6.45, 7) is 0. The molecule has 4 heteroatoms. The van der Waals surface area contributed by atoms with Crippen LogP contribution in [0.5, 0.6) is 0 Å². The first kappa shape index (κ1) is 7.83. The summed E-state index contributed by atoms with van der Waals surface area (Å²) in [4.78, 5) is 4.30. The summed E-state index contributed by atoms with van der Waals surface area (Å²) >= 11 is 7.20. The van der Waals surface area contributed by atoms with Gasteiger partial charge in [0.1, 0.15) is 11.3 Å². The number of rotatable bonds is 2. The predicted octanol–water partition coefficient (Wildman–Crippen LogP) is 3.14. The molecule has 0 fully saturated rings. The van der Waals surface area contributed by atoms with Crippen LogP contribution in [0.1, 0.15) is 5.69 Å². The van der Waals surface area contributed by atoms with Crippen LogP contribution < -0.4 is 0 Å². The van der Waals surface area contributed by atoms with Gasteiger partial charge in [-0.2, -0.15) is 0 Å². The van der Waals surface area contributed by atoms with Crippen molar-refractivity contribution in [2.75, 3.05) is 0 Å². The Balaban J connectivity index is 2.35. The number of aromatic nitrogens is 1. The van der Waals surface area contributed by atoms with Gasteiger partial charge in [-0.05, 0) is 6.07 Å². The van der Waals surface area contributed by atoms with E-state index < -0.39 is 0 Å². The Morgan fingerprint density at radius 3 is 3.08 bits per heavy atom. The molecule has 0 bridgehead atoms. The van der Waals surface area contributed by atoms with Crippen LogP contribution in [-0.4, -0.2) is 4.98 Å². The number of hydrogen-bond acceptors (Lipinski definition) is 3. The van der Waals surface area contributed by atoms with Crippen LogP contribution in [0.15, 0.2) is 28.4 Å². The van der Waals surface area contributed by atoms with Crippen LogP contribution in [0.2, 0.25) is 0 Å². The van der Waals surface area contributed by atoms with Gasteiger partial charge in [0.25, 0.3) is 0 Å². The molecule has 62 valence electrons. The van der Waals surface area contributed by atoms with Crippen molar-refractivity contribution in [3.8, 4) is 10.6 Å². The number of alkyl halides is 1. The lowest BCUT2D eigenvalue weighted by atomic mass is 10.4. The van der Waals surface area contributed by atoms with E-state index in [1.165, 1.54) is 0 Å². The van der Waals surface area contributed by atoms with E-state index in [1.807, 2.05) is 11.4 Å². The maximum absolute atomic E-state index is 5.62. The third-order valence-corrected chi connectivity index (χ3v) is 2.67. The Labute approximate surface area is 78.8 Å². The topological polar surface area (TPSA) is 26.0 Å². The maximum Gasteiger partial charge on any atom is 0.126 e. The molecule has 0 saturated heterocycles. The molecule has 2 nitrogen and oxygen atoms in total. The molecule has 12 heavy (non-hydrogen) atoms. The SMILES string of the molecule is ClCc1csc(-c2ccoc2)n1. The summed E-state index contributed by atoms with van der Waals surface area (Å²) in [5.74, 6) is 0.467. The molecule has 0 aromatic carbocycles. The smallest absolute Gasteiger partial charge is 0.126 e. The molecule has 0 N–H and O–H groups in total. The summed E-state index contributed by atoms with van der Waals surface area (Å²) in [6, 6.07) is 1.89. The van der Waals surface area contributed by atoms with Crippen molar-refractivity contribution in [1.82, 2.24) is 4.98 Å². The zero-order valence-electron chi connectivity index (χ0n) is 6.16. The Hall–Kier alpha value is -0.800. The highest BCUT2D eigenvalue weighted by Crippen LogP contribution is 2.24. The molecule has 0 unspecified atom stereocenters. The summed E-state index contributed by atoms with van der Waals surface area (Å²) in [7, 11) is 0. The van der Waals surface area contributed by atoms with Gasteiger partial charge < -0.3 is 4.42 Å². The summed E-state index contributed by atoms with van der Waals surface area (Å²) in [5, 5.41) is 2.91. The van der Waals surface area contributed by atoms with Gasteiger partial charge in [-0.25, -0.2) is 4.98 Å². The third-order valence-electron chi connectivity index (χ3n) is 1.46. The highest BCUT2D eigenvalue weighted by Gasteiger charge is 2.03. The van der Waals surface area contributed by atoms with Crippen LogP contribution in [0.4, 0.5) is 0 Å². The first-order chi connectivity index (χ1) is 5.90. The maximum atomic E-state index is 5.62. The minimum atomic E-state index is 0.467. The van der Waals surface area contributed by atoms with Crippen molar-refractivity contribution in [3.05, 3.63) is 29.7 Å². The summed E-state index contributed by atoms with van der Waals surface area (Å²) in [5.41, 5.74) is 1.93. The van der Waals surface area contributed by atoms with Crippen LogP contribution in [0.3, 0.4) is 0 Å². The zero-order valence-corrected chi connectivity index (χ0v) is 7.73. The second-order valence-corrected chi connectivity index (χ2v) is 3.42. The fraction of sp³-hybridized carbons (Fsp3) is 0.125. The van der Waals surface area contributed by atoms with Gasteiger partial charge in [-0.3, -0.25) is 0 Å². The normalized spacial score (nSPS) is 10.4. The van der Waals surface area contributed by atoms with E-state index in [-0.39, 0.29) is 0 Å². The molecule has 2 aromatic heterocycles. The van der Waals surface area contributed by atoms with Gasteiger partial charge in [0, 0.05) is 10.9 Å². The van der Waals surface area contributed by atoms with E-state index >= 15 is 0 Å². The van der Waals surface area contributed by atoms with E-state index in [2.05, 4.69) is 4.98 Å². The Bertz CT molecular complexity index is 355. The minimum Gasteiger partial charge on any atom is -0.472 e. The van der Waals surface area contributed by atoms with Crippen molar-refractivity contribution < 1.29 is 4.42 Å². The quantitative estimate of drug-likeness (QED) is 0.695. The van der Waals surface area contributed by atoms with Gasteiger partial charge in [0.2, 0.25) is 0 Å². The summed E-state index contributed by atoms with van der Waals surface area (Å²) < 4.78 is 4.95. The molecule has 0 spiro atoms. The lowest BCUT2D eigenvalue weighted by Gasteiger charge is -1.85. The molecular weight excluding hydrogens is 194 g/mol. The number of halogens is 1. The largest absolute Gasteiger partial charge is 0.472 e. The van der Waals surface area contributed by atoms with Crippen molar-refractivity contribution in [2.45, 2.75) is 5.88 Å². The number of furan rings is 1. The van der Waals surface area contributed by atoms with Crippen molar-refractivity contribution in [1.29, 1.82) is 0 Å². The summed E-state index contributed by atoms with van der Waals surface area (Å²) in [6.07, 6.45) is 3.31. The molecule has 0 radical (unpaired) electrons. The fourth-order valence-electron chi connectivity index (χ4n) is 0.887. The van der Waals surface area contributed by atoms with Crippen molar-refractivity contribution >= 4 is 22.9 Å². The van der Waals surface area contributed by atoms with Gasteiger partial charge in [-0.1, -0.05) is 0 Å². The molecule has 0 saturated carbocycles. The monoisotopic (exact) mass is 199 g/mol. The standard InChI is InChI=1S/C8H6ClNOS/c9-3-7-5-12-8(10-7)6-1-2-11-4-6/h1-2,4-5H,3H2. The lowest BCUT2D eigenvalue weighted by molar-refractivity contribution is 0.568. The average Bonchev–Trinajstić information content (AvgIpc) is 2.75. The first-order valence-electron chi connectivity index (χ1n) is 3.43. The molecule has 2 heterocycles. The van der Waals surface area contributed by atoms with E-state index in [0.29, 0.717) is 5.88 Å². The van der Waals surface area contributed by atoms with E-state index in [0.717, 1.165) is 16.3 Å². The van der Waals surface area contributed by atoms with E-state index in [4.69, 9.17) is 16.0 Å². The second-order valence-electron chi connectivity index (χ2n) is 2.29. The van der Waals surface area contributed by atoms with Crippen LogP contribution in [0.25, 0.3) is 10.6 Å². The molecular formula is C8H6ClNOS. The third kappa shape index (κ3) is 1.38. The molecule has 0 amide bonds. The highest BCUT2D eigenvalue weighted by molar-refractivity contribution is 7.13. The molecule has 0 aliphatic carbocycles. The fourth-order valence-corrected chi connectivity index (χ4v) is 1.92. The van der Waals surface area contributed by atoms with Crippen LogP contribution in [-0.2, 0) is 5.88 Å². The highest BCUT2D eigenvalue weighted by atomic mass is 35.5.